The molecule has 1 fully saturated rings. The monoisotopic (exact) mass is 397 g/mol. The van der Waals surface area contributed by atoms with E-state index in [9.17, 15) is 26.8 Å². The van der Waals surface area contributed by atoms with Crippen LogP contribution in [0.15, 0.2) is 47.4 Å². The van der Waals surface area contributed by atoms with Gasteiger partial charge >= 0.3 is 11.9 Å². The molecule has 7 nitrogen and oxygen atoms in total. The third kappa shape index (κ3) is 4.05. The Hall–Kier alpha value is -3.01. The molecule has 1 atom stereocenters. The van der Waals surface area contributed by atoms with Gasteiger partial charge in [-0.05, 0) is 30.3 Å². The molecule has 1 saturated heterocycles. The lowest BCUT2D eigenvalue weighted by molar-refractivity contribution is -0.145. The summed E-state index contributed by atoms with van der Waals surface area (Å²) in [6.07, 6.45) is -0.860. The minimum atomic E-state index is -4.30. The molecule has 1 aliphatic heterocycles. The first-order valence-corrected chi connectivity index (χ1v) is 9.21. The van der Waals surface area contributed by atoms with E-state index in [0.717, 1.165) is 6.07 Å². The minimum absolute atomic E-state index is 0.126. The second kappa shape index (κ2) is 7.31. The van der Waals surface area contributed by atoms with Crippen molar-refractivity contribution in [1.82, 2.24) is 0 Å². The number of sulfonamides is 1. The molecule has 0 radical (unpaired) electrons. The fraction of sp³-hybridized carbons (Fsp3) is 0.176. The molecule has 2 aromatic rings. The maximum Gasteiger partial charge on any atom is 0.347 e. The molecule has 0 unspecified atom stereocenters. The summed E-state index contributed by atoms with van der Waals surface area (Å²) in [5, 5.41) is 0. The Morgan fingerprint density at radius 2 is 1.89 bits per heavy atom. The van der Waals surface area contributed by atoms with Crippen LogP contribution in [0.2, 0.25) is 0 Å². The molecule has 27 heavy (non-hydrogen) atoms. The van der Waals surface area contributed by atoms with Crippen LogP contribution in [0.25, 0.3) is 0 Å². The second-order valence-electron chi connectivity index (χ2n) is 5.58. The summed E-state index contributed by atoms with van der Waals surface area (Å²) in [5.74, 6) is -4.13. The number of esters is 2. The number of para-hydroxylation sites is 1. The Morgan fingerprint density at radius 3 is 2.56 bits per heavy atom. The Balaban J connectivity index is 1.86. The third-order valence-corrected chi connectivity index (χ3v) is 5.09. The van der Waals surface area contributed by atoms with Gasteiger partial charge in [0.05, 0.1) is 22.8 Å². The van der Waals surface area contributed by atoms with Crippen molar-refractivity contribution in [3.63, 3.8) is 0 Å². The van der Waals surface area contributed by atoms with Crippen LogP contribution in [0.3, 0.4) is 0 Å². The summed E-state index contributed by atoms with van der Waals surface area (Å²) in [6.45, 7) is 0.126. The number of ether oxygens (including phenoxy) is 2. The zero-order valence-corrected chi connectivity index (χ0v) is 14.5. The van der Waals surface area contributed by atoms with Crippen LogP contribution in [-0.2, 0) is 24.3 Å². The van der Waals surface area contributed by atoms with Gasteiger partial charge in [0.2, 0.25) is 6.10 Å². The van der Waals surface area contributed by atoms with Crippen molar-refractivity contribution in [2.75, 3.05) is 11.3 Å². The predicted molar refractivity (Wildman–Crippen MR) is 88.4 cm³/mol. The van der Waals surface area contributed by atoms with E-state index in [4.69, 9.17) is 9.47 Å². The Labute approximate surface area is 152 Å². The van der Waals surface area contributed by atoms with E-state index in [0.29, 0.717) is 12.1 Å². The number of nitrogens with one attached hydrogen (secondary N) is 1. The molecule has 1 aliphatic rings. The molecule has 0 saturated carbocycles. The van der Waals surface area contributed by atoms with Gasteiger partial charge in [0.1, 0.15) is 0 Å². The highest BCUT2D eigenvalue weighted by molar-refractivity contribution is 7.92. The van der Waals surface area contributed by atoms with Gasteiger partial charge in [-0.2, -0.15) is 0 Å². The summed E-state index contributed by atoms with van der Waals surface area (Å²) in [7, 11) is -4.30. The molecule has 0 aliphatic carbocycles. The maximum absolute atomic E-state index is 13.3. The molecule has 0 aromatic heterocycles. The lowest BCUT2D eigenvalue weighted by Gasteiger charge is -2.13. The predicted octanol–water partition coefficient (Wildman–Crippen LogP) is 2.24. The van der Waals surface area contributed by atoms with E-state index < -0.39 is 44.6 Å². The minimum Gasteiger partial charge on any atom is -0.463 e. The van der Waals surface area contributed by atoms with Crippen LogP contribution >= 0.6 is 0 Å². The number of carbonyl (C=O) groups excluding carboxylic acids is 2. The number of hydrogen-bond donors (Lipinski definition) is 1. The third-order valence-electron chi connectivity index (χ3n) is 3.73. The van der Waals surface area contributed by atoms with Gasteiger partial charge in [0, 0.05) is 6.42 Å². The van der Waals surface area contributed by atoms with Crippen molar-refractivity contribution in [2.24, 2.45) is 0 Å². The van der Waals surface area contributed by atoms with Gasteiger partial charge in [-0.3, -0.25) is 4.72 Å². The van der Waals surface area contributed by atoms with Crippen LogP contribution in [0.1, 0.15) is 16.8 Å². The average molecular weight is 397 g/mol. The Morgan fingerprint density at radius 1 is 1.15 bits per heavy atom. The van der Waals surface area contributed by atoms with Crippen molar-refractivity contribution >= 4 is 27.6 Å². The van der Waals surface area contributed by atoms with Crippen molar-refractivity contribution in [1.29, 1.82) is 0 Å². The number of cyclic esters (lactones) is 1. The lowest BCUT2D eigenvalue weighted by atomic mass is 10.2. The van der Waals surface area contributed by atoms with Crippen molar-refractivity contribution < 1.29 is 36.3 Å². The first-order valence-electron chi connectivity index (χ1n) is 7.72. The van der Waals surface area contributed by atoms with Gasteiger partial charge in [-0.1, -0.05) is 12.1 Å². The van der Waals surface area contributed by atoms with Gasteiger partial charge in [-0.15, -0.1) is 0 Å². The number of halogens is 2. The van der Waals surface area contributed by atoms with E-state index in [2.05, 4.69) is 4.72 Å². The number of anilines is 1. The fourth-order valence-corrected chi connectivity index (χ4v) is 3.47. The fourth-order valence-electron chi connectivity index (χ4n) is 2.37. The lowest BCUT2D eigenvalue weighted by Crippen LogP contribution is -2.24. The maximum atomic E-state index is 13.3. The van der Waals surface area contributed by atoms with Crippen LogP contribution in [0, 0.1) is 11.6 Å². The molecule has 3 rings (SSSR count). The van der Waals surface area contributed by atoms with Crippen molar-refractivity contribution in [3.8, 4) is 0 Å². The Bertz CT molecular complexity index is 1010. The number of hydrogen-bond acceptors (Lipinski definition) is 6. The van der Waals surface area contributed by atoms with Gasteiger partial charge in [0.25, 0.3) is 10.0 Å². The SMILES string of the molecule is O=C(O[C@@H]1CCOC1=O)c1ccccc1NS(=O)(=O)c1ccc(F)c(F)c1. The van der Waals surface area contributed by atoms with Gasteiger partial charge in [-0.25, -0.2) is 26.8 Å². The van der Waals surface area contributed by atoms with E-state index in [1.807, 2.05) is 0 Å². The molecule has 142 valence electrons. The van der Waals surface area contributed by atoms with Gasteiger partial charge < -0.3 is 9.47 Å². The van der Waals surface area contributed by atoms with Gasteiger partial charge in [0.15, 0.2) is 11.6 Å². The smallest absolute Gasteiger partial charge is 0.347 e. The average Bonchev–Trinajstić information content (AvgIpc) is 3.02. The van der Waals surface area contributed by atoms with Crippen LogP contribution in [0.4, 0.5) is 14.5 Å². The van der Waals surface area contributed by atoms with Crippen LogP contribution in [0.5, 0.6) is 0 Å². The molecule has 2 aromatic carbocycles. The highest BCUT2D eigenvalue weighted by Gasteiger charge is 2.31. The summed E-state index contributed by atoms with van der Waals surface area (Å²) in [5.41, 5.74) is -0.290. The zero-order chi connectivity index (χ0) is 19.6. The van der Waals surface area contributed by atoms with E-state index in [1.165, 1.54) is 24.3 Å². The van der Waals surface area contributed by atoms with E-state index in [-0.39, 0.29) is 24.3 Å². The molecule has 0 amide bonds. The number of benzene rings is 2. The summed E-state index contributed by atoms with van der Waals surface area (Å²) in [6, 6.07) is 7.61. The van der Waals surface area contributed by atoms with Crippen LogP contribution < -0.4 is 4.72 Å². The zero-order valence-electron chi connectivity index (χ0n) is 13.6. The van der Waals surface area contributed by atoms with E-state index in [1.54, 1.807) is 0 Å². The molecule has 0 spiro atoms. The summed E-state index contributed by atoms with van der Waals surface area (Å²) in [4.78, 5) is 23.2. The molecule has 10 heteroatoms. The Kier molecular flexibility index (Phi) is 5.08. The molecular formula is C17H13F2NO6S. The highest BCUT2D eigenvalue weighted by atomic mass is 32.2. The van der Waals surface area contributed by atoms with E-state index >= 15 is 0 Å². The number of carbonyl (C=O) groups is 2. The molecule has 1 heterocycles. The first-order chi connectivity index (χ1) is 12.8. The topological polar surface area (TPSA) is 98.8 Å². The largest absolute Gasteiger partial charge is 0.463 e. The summed E-state index contributed by atoms with van der Waals surface area (Å²) < 4.78 is 63.1. The number of rotatable bonds is 5. The van der Waals surface area contributed by atoms with Crippen molar-refractivity contribution in [2.45, 2.75) is 17.4 Å². The highest BCUT2D eigenvalue weighted by Crippen LogP contribution is 2.23. The van der Waals surface area contributed by atoms with Crippen molar-refractivity contribution in [3.05, 3.63) is 59.7 Å². The second-order valence-corrected chi connectivity index (χ2v) is 7.26. The standard InChI is InChI=1S/C17H13F2NO6S/c18-12-6-5-10(9-13(12)19)27(23,24)20-14-4-2-1-3-11(14)16(21)26-15-7-8-25-17(15)22/h1-6,9,15,20H,7-8H2/t15-/m1/s1. The summed E-state index contributed by atoms with van der Waals surface area (Å²) >= 11 is 0. The normalized spacial score (nSPS) is 16.7. The quantitative estimate of drug-likeness (QED) is 0.777. The first kappa shape index (κ1) is 18.8. The molecule has 1 N–H and O–H groups in total. The molecular weight excluding hydrogens is 384 g/mol. The van der Waals surface area contributed by atoms with Crippen LogP contribution in [-0.4, -0.2) is 33.1 Å². The molecule has 0 bridgehead atoms.